The number of sulfonamides is 1. The summed E-state index contributed by atoms with van der Waals surface area (Å²) < 4.78 is 28.6. The van der Waals surface area contributed by atoms with Crippen LogP contribution in [0.15, 0.2) is 52.3 Å². The lowest BCUT2D eigenvalue weighted by Gasteiger charge is -2.31. The molecule has 8 nitrogen and oxygen atoms in total. The molecule has 0 radical (unpaired) electrons. The first kappa shape index (κ1) is 21.8. The van der Waals surface area contributed by atoms with E-state index in [-0.39, 0.29) is 10.5 Å². The van der Waals surface area contributed by atoms with Crippen LogP contribution in [0.2, 0.25) is 5.02 Å². The second-order valence-corrected chi connectivity index (χ2v) is 10.0. The van der Waals surface area contributed by atoms with Crippen molar-refractivity contribution in [2.45, 2.75) is 18.2 Å². The predicted molar refractivity (Wildman–Crippen MR) is 119 cm³/mol. The highest BCUT2D eigenvalue weighted by atomic mass is 35.5. The number of halogens is 1. The normalized spacial score (nSPS) is 16.0. The lowest BCUT2D eigenvalue weighted by molar-refractivity contribution is 0.222. The third-order valence-corrected chi connectivity index (χ3v) is 7.82. The Balaban J connectivity index is 1.60. The van der Waals surface area contributed by atoms with E-state index >= 15 is 0 Å². The molecule has 0 spiro atoms. The summed E-state index contributed by atoms with van der Waals surface area (Å²) in [5, 5.41) is 3.63. The number of hydrogen-bond acceptors (Lipinski definition) is 5. The van der Waals surface area contributed by atoms with E-state index in [9.17, 15) is 13.2 Å². The van der Waals surface area contributed by atoms with Gasteiger partial charge in [0.25, 0.3) is 5.56 Å². The van der Waals surface area contributed by atoms with Gasteiger partial charge in [-0.1, -0.05) is 29.8 Å². The smallest absolute Gasteiger partial charge is 0.276 e. The number of aromatic nitrogens is 3. The van der Waals surface area contributed by atoms with Gasteiger partial charge in [-0.15, -0.1) is 0 Å². The number of aromatic amines is 1. The molecule has 0 bridgehead atoms. The molecule has 3 aromatic rings. The van der Waals surface area contributed by atoms with Crippen molar-refractivity contribution in [3.8, 4) is 5.82 Å². The van der Waals surface area contributed by atoms with Gasteiger partial charge in [-0.05, 0) is 37.7 Å². The maximum atomic E-state index is 13.0. The maximum absolute atomic E-state index is 13.0. The van der Waals surface area contributed by atoms with E-state index in [0.29, 0.717) is 54.7 Å². The molecule has 4 rings (SSSR count). The average Bonchev–Trinajstić information content (AvgIpc) is 3.04. The molecule has 0 aliphatic carbocycles. The number of aryl methyl sites for hydroxylation is 1. The summed E-state index contributed by atoms with van der Waals surface area (Å²) in [6.45, 7) is 4.09. The number of piperazine rings is 1. The molecule has 1 aromatic carbocycles. The van der Waals surface area contributed by atoms with E-state index < -0.39 is 10.0 Å². The summed E-state index contributed by atoms with van der Waals surface area (Å²) in [5.41, 5.74) is 1.92. The quantitative estimate of drug-likeness (QED) is 0.628. The first-order valence-electron chi connectivity index (χ1n) is 9.96. The van der Waals surface area contributed by atoms with Gasteiger partial charge in [0, 0.05) is 55.1 Å². The van der Waals surface area contributed by atoms with E-state index in [4.69, 9.17) is 11.6 Å². The standard InChI is InChI=1S/C21H24ClN5O3S/c1-15-18(13-16-5-3-4-6-19(16)22)21(28)27(24-15)20-8-7-17(14-23-20)31(29,30)26-11-9-25(2)10-12-26/h3-8,14,24H,9-13H2,1-2H3. The fourth-order valence-electron chi connectivity index (χ4n) is 3.62. The molecule has 0 unspecified atom stereocenters. The number of H-pyrrole nitrogens is 1. The Kier molecular flexibility index (Phi) is 6.02. The van der Waals surface area contributed by atoms with Crippen LogP contribution in [0, 0.1) is 6.92 Å². The number of likely N-dealkylation sites (N-methyl/N-ethyl adjacent to an activating group) is 1. The molecule has 0 saturated carbocycles. The molecular weight excluding hydrogens is 438 g/mol. The molecule has 0 atom stereocenters. The van der Waals surface area contributed by atoms with Gasteiger partial charge in [-0.2, -0.15) is 4.31 Å². The number of rotatable bonds is 5. The molecule has 0 amide bonds. The summed E-state index contributed by atoms with van der Waals surface area (Å²) in [4.78, 5) is 19.4. The predicted octanol–water partition coefficient (Wildman–Crippen LogP) is 2.05. The molecule has 1 fully saturated rings. The van der Waals surface area contributed by atoms with Crippen molar-refractivity contribution in [3.05, 3.63) is 74.8 Å². The van der Waals surface area contributed by atoms with Crippen LogP contribution >= 0.6 is 11.6 Å². The van der Waals surface area contributed by atoms with Gasteiger partial charge in [0.1, 0.15) is 4.90 Å². The van der Waals surface area contributed by atoms with Gasteiger partial charge in [-0.25, -0.2) is 18.1 Å². The number of benzene rings is 1. The minimum absolute atomic E-state index is 0.119. The van der Waals surface area contributed by atoms with Crippen LogP contribution in [0.25, 0.3) is 5.82 Å². The maximum Gasteiger partial charge on any atom is 0.276 e. The Bertz CT molecular complexity index is 1240. The lowest BCUT2D eigenvalue weighted by Crippen LogP contribution is -2.47. The van der Waals surface area contributed by atoms with Crippen LogP contribution in [-0.2, 0) is 16.4 Å². The molecule has 164 valence electrons. The van der Waals surface area contributed by atoms with Crippen LogP contribution < -0.4 is 5.56 Å². The van der Waals surface area contributed by atoms with E-state index in [2.05, 4.69) is 15.0 Å². The summed E-state index contributed by atoms with van der Waals surface area (Å²) in [5.74, 6) is 0.329. The second-order valence-electron chi connectivity index (χ2n) is 7.68. The van der Waals surface area contributed by atoms with Crippen LogP contribution in [-0.4, -0.2) is 65.6 Å². The minimum atomic E-state index is -3.61. The molecule has 1 N–H and O–H groups in total. The van der Waals surface area contributed by atoms with Gasteiger partial charge in [0.15, 0.2) is 5.82 Å². The van der Waals surface area contributed by atoms with Crippen molar-refractivity contribution in [3.63, 3.8) is 0 Å². The fourth-order valence-corrected chi connectivity index (χ4v) is 5.19. The van der Waals surface area contributed by atoms with Gasteiger partial charge in [0.05, 0.1) is 0 Å². The van der Waals surface area contributed by atoms with Gasteiger partial charge >= 0.3 is 0 Å². The molecule has 1 aliphatic heterocycles. The van der Waals surface area contributed by atoms with Gasteiger partial charge in [0.2, 0.25) is 10.0 Å². The molecule has 31 heavy (non-hydrogen) atoms. The van der Waals surface area contributed by atoms with Crippen LogP contribution in [0.5, 0.6) is 0 Å². The van der Waals surface area contributed by atoms with Crippen molar-refractivity contribution in [2.75, 3.05) is 33.2 Å². The zero-order chi connectivity index (χ0) is 22.2. The zero-order valence-electron chi connectivity index (χ0n) is 17.4. The van der Waals surface area contributed by atoms with E-state index in [1.54, 1.807) is 12.1 Å². The highest BCUT2D eigenvalue weighted by molar-refractivity contribution is 7.89. The van der Waals surface area contributed by atoms with E-state index in [1.165, 1.54) is 21.3 Å². The highest BCUT2D eigenvalue weighted by Crippen LogP contribution is 2.20. The minimum Gasteiger partial charge on any atom is -0.304 e. The monoisotopic (exact) mass is 461 g/mol. The van der Waals surface area contributed by atoms with Crippen molar-refractivity contribution >= 4 is 21.6 Å². The summed E-state index contributed by atoms with van der Waals surface area (Å²) >= 11 is 6.24. The number of nitrogens with one attached hydrogen (secondary N) is 1. The van der Waals surface area contributed by atoms with Crippen molar-refractivity contribution < 1.29 is 8.42 Å². The summed E-state index contributed by atoms with van der Waals surface area (Å²) in [7, 11) is -1.64. The van der Waals surface area contributed by atoms with Gasteiger partial charge in [-0.3, -0.25) is 9.89 Å². The first-order valence-corrected chi connectivity index (χ1v) is 11.8. The van der Waals surface area contributed by atoms with Crippen LogP contribution in [0.4, 0.5) is 0 Å². The molecule has 1 saturated heterocycles. The Morgan fingerprint density at radius 2 is 1.81 bits per heavy atom. The highest BCUT2D eigenvalue weighted by Gasteiger charge is 2.28. The number of nitrogens with zero attached hydrogens (tertiary/aromatic N) is 4. The van der Waals surface area contributed by atoms with Crippen molar-refractivity contribution in [1.29, 1.82) is 0 Å². The Morgan fingerprint density at radius 1 is 1.10 bits per heavy atom. The van der Waals surface area contributed by atoms with Gasteiger partial charge < -0.3 is 4.90 Å². The second kappa shape index (κ2) is 8.58. The third-order valence-electron chi connectivity index (χ3n) is 5.57. The summed E-state index contributed by atoms with van der Waals surface area (Å²) in [6, 6.07) is 10.4. The lowest BCUT2D eigenvalue weighted by atomic mass is 10.1. The molecule has 10 heteroatoms. The fraction of sp³-hybridized carbons (Fsp3) is 0.333. The Morgan fingerprint density at radius 3 is 2.45 bits per heavy atom. The molecule has 2 aromatic heterocycles. The average molecular weight is 462 g/mol. The Labute approximate surface area is 186 Å². The van der Waals surface area contributed by atoms with Crippen molar-refractivity contribution in [1.82, 2.24) is 24.0 Å². The Hall–Kier alpha value is -2.46. The first-order chi connectivity index (χ1) is 14.8. The van der Waals surface area contributed by atoms with E-state index in [0.717, 1.165) is 5.56 Å². The molecule has 1 aliphatic rings. The number of hydrogen-bond donors (Lipinski definition) is 1. The largest absolute Gasteiger partial charge is 0.304 e. The third kappa shape index (κ3) is 4.31. The summed E-state index contributed by atoms with van der Waals surface area (Å²) in [6.07, 6.45) is 1.70. The van der Waals surface area contributed by atoms with Crippen LogP contribution in [0.3, 0.4) is 0 Å². The molecule has 3 heterocycles. The van der Waals surface area contributed by atoms with Crippen LogP contribution in [0.1, 0.15) is 16.8 Å². The van der Waals surface area contributed by atoms with Crippen molar-refractivity contribution in [2.24, 2.45) is 0 Å². The van der Waals surface area contributed by atoms with E-state index in [1.807, 2.05) is 32.2 Å². The number of pyridine rings is 1. The topological polar surface area (TPSA) is 91.3 Å². The molecular formula is C21H24ClN5O3S. The zero-order valence-corrected chi connectivity index (χ0v) is 18.9. The SMILES string of the molecule is Cc1[nH]n(-c2ccc(S(=O)(=O)N3CCN(C)CC3)cn2)c(=O)c1Cc1ccccc1Cl.